The first-order valence-electron chi connectivity index (χ1n) is 7.25. The maximum atomic E-state index is 13.6. The molecule has 1 atom stereocenters. The fraction of sp³-hybridized carbons (Fsp3) is 0.333. The molecule has 6 nitrogen and oxygen atoms in total. The van der Waals surface area contributed by atoms with Gasteiger partial charge in [-0.1, -0.05) is 0 Å². The SMILES string of the molecule is O=c1nc(OCc2cc(F)c(F)cc2F)cc2n1CC1COCN21. The highest BCUT2D eigenvalue weighted by atomic mass is 19.2. The van der Waals surface area contributed by atoms with Gasteiger partial charge in [-0.25, -0.2) is 18.0 Å². The van der Waals surface area contributed by atoms with Crippen LogP contribution < -0.4 is 15.3 Å². The van der Waals surface area contributed by atoms with Gasteiger partial charge in [0.2, 0.25) is 5.88 Å². The number of benzene rings is 1. The molecule has 2 aromatic rings. The Kier molecular flexibility index (Phi) is 3.45. The van der Waals surface area contributed by atoms with E-state index in [0.29, 0.717) is 31.8 Å². The third-order valence-electron chi connectivity index (χ3n) is 4.10. The first kappa shape index (κ1) is 15.0. The monoisotopic (exact) mass is 339 g/mol. The van der Waals surface area contributed by atoms with Gasteiger partial charge in [-0.15, -0.1) is 0 Å². The van der Waals surface area contributed by atoms with Crippen LogP contribution in [0.25, 0.3) is 0 Å². The zero-order chi connectivity index (χ0) is 16.8. The molecule has 0 amide bonds. The van der Waals surface area contributed by atoms with Crippen LogP contribution in [0, 0.1) is 17.5 Å². The number of hydrogen-bond donors (Lipinski definition) is 0. The zero-order valence-electron chi connectivity index (χ0n) is 12.3. The number of halogens is 3. The molecule has 0 saturated carbocycles. The minimum absolute atomic E-state index is 0.0112. The van der Waals surface area contributed by atoms with E-state index in [2.05, 4.69) is 4.98 Å². The minimum Gasteiger partial charge on any atom is -0.472 e. The Balaban J connectivity index is 1.58. The number of nitrogens with zero attached hydrogens (tertiary/aromatic N) is 3. The molecule has 0 bridgehead atoms. The molecule has 126 valence electrons. The number of rotatable bonds is 3. The summed E-state index contributed by atoms with van der Waals surface area (Å²) in [4.78, 5) is 17.8. The first-order valence-corrected chi connectivity index (χ1v) is 7.25. The van der Waals surface area contributed by atoms with Gasteiger partial charge in [0.1, 0.15) is 25.0 Å². The quantitative estimate of drug-likeness (QED) is 0.792. The lowest BCUT2D eigenvalue weighted by molar-refractivity contribution is 0.189. The van der Waals surface area contributed by atoms with Crippen LogP contribution in [-0.2, 0) is 17.9 Å². The van der Waals surface area contributed by atoms with Crippen LogP contribution in [0.5, 0.6) is 5.88 Å². The molecule has 1 unspecified atom stereocenters. The van der Waals surface area contributed by atoms with Crippen LogP contribution in [0.2, 0.25) is 0 Å². The van der Waals surface area contributed by atoms with Gasteiger partial charge < -0.3 is 14.4 Å². The van der Waals surface area contributed by atoms with Crippen molar-refractivity contribution in [2.45, 2.75) is 19.2 Å². The maximum Gasteiger partial charge on any atom is 0.352 e. The molecular weight excluding hydrogens is 327 g/mol. The van der Waals surface area contributed by atoms with Crippen molar-refractivity contribution in [3.8, 4) is 5.88 Å². The molecule has 24 heavy (non-hydrogen) atoms. The Morgan fingerprint density at radius 2 is 2.00 bits per heavy atom. The summed E-state index contributed by atoms with van der Waals surface area (Å²) in [7, 11) is 0. The van der Waals surface area contributed by atoms with Crippen molar-refractivity contribution in [3.05, 3.63) is 51.7 Å². The Morgan fingerprint density at radius 1 is 1.21 bits per heavy atom. The van der Waals surface area contributed by atoms with E-state index in [9.17, 15) is 18.0 Å². The molecule has 3 heterocycles. The second-order valence-corrected chi connectivity index (χ2v) is 5.62. The molecule has 2 aliphatic rings. The van der Waals surface area contributed by atoms with E-state index in [-0.39, 0.29) is 24.1 Å². The highest BCUT2D eigenvalue weighted by Gasteiger charge is 2.35. The smallest absolute Gasteiger partial charge is 0.352 e. The fourth-order valence-electron chi connectivity index (χ4n) is 2.88. The Labute approximate surface area is 134 Å². The number of aromatic nitrogens is 2. The average Bonchev–Trinajstić information content (AvgIpc) is 3.12. The Bertz CT molecular complexity index is 871. The molecule has 4 rings (SSSR count). The predicted molar refractivity (Wildman–Crippen MR) is 76.2 cm³/mol. The van der Waals surface area contributed by atoms with E-state index >= 15 is 0 Å². The maximum absolute atomic E-state index is 13.6. The van der Waals surface area contributed by atoms with Crippen LogP contribution in [0.1, 0.15) is 5.56 Å². The van der Waals surface area contributed by atoms with Crippen molar-refractivity contribution in [1.29, 1.82) is 0 Å². The second-order valence-electron chi connectivity index (χ2n) is 5.62. The summed E-state index contributed by atoms with van der Waals surface area (Å²) in [5, 5.41) is 0. The largest absolute Gasteiger partial charge is 0.472 e. The molecule has 0 aliphatic carbocycles. The van der Waals surface area contributed by atoms with Crippen molar-refractivity contribution >= 4 is 5.82 Å². The van der Waals surface area contributed by atoms with Crippen molar-refractivity contribution in [1.82, 2.24) is 9.55 Å². The molecule has 0 spiro atoms. The number of anilines is 1. The van der Waals surface area contributed by atoms with Crippen molar-refractivity contribution in [2.24, 2.45) is 0 Å². The van der Waals surface area contributed by atoms with Gasteiger partial charge in [-0.2, -0.15) is 4.98 Å². The van der Waals surface area contributed by atoms with E-state index in [1.807, 2.05) is 4.90 Å². The highest BCUT2D eigenvalue weighted by Crippen LogP contribution is 2.29. The first-order chi connectivity index (χ1) is 11.5. The van der Waals surface area contributed by atoms with E-state index < -0.39 is 23.1 Å². The lowest BCUT2D eigenvalue weighted by Crippen LogP contribution is -2.26. The molecule has 0 N–H and O–H groups in total. The van der Waals surface area contributed by atoms with Gasteiger partial charge in [0.25, 0.3) is 0 Å². The summed E-state index contributed by atoms with van der Waals surface area (Å²) in [6, 6.07) is 2.80. The van der Waals surface area contributed by atoms with Crippen LogP contribution in [0.4, 0.5) is 19.0 Å². The minimum atomic E-state index is -1.27. The standard InChI is InChI=1S/C15H12F3N3O3/c16-10-2-12(18)11(17)1-8(10)5-24-13-3-14-20(15(22)19-13)4-9-6-23-7-21(9)14/h1-3,9H,4-7H2. The molecule has 2 aliphatic heterocycles. The molecule has 1 aromatic carbocycles. The molecule has 1 saturated heterocycles. The average molecular weight is 339 g/mol. The van der Waals surface area contributed by atoms with E-state index in [0.717, 1.165) is 6.07 Å². The predicted octanol–water partition coefficient (Wildman–Crippen LogP) is 1.42. The summed E-state index contributed by atoms with van der Waals surface area (Å²) in [6.45, 7) is 1.00. The van der Waals surface area contributed by atoms with Gasteiger partial charge in [0, 0.05) is 17.7 Å². The van der Waals surface area contributed by atoms with Gasteiger partial charge in [-0.3, -0.25) is 4.57 Å². The zero-order valence-corrected chi connectivity index (χ0v) is 12.3. The molecule has 9 heteroatoms. The van der Waals surface area contributed by atoms with Crippen molar-refractivity contribution in [3.63, 3.8) is 0 Å². The molecule has 1 fully saturated rings. The highest BCUT2D eigenvalue weighted by molar-refractivity contribution is 5.47. The summed E-state index contributed by atoms with van der Waals surface area (Å²) >= 11 is 0. The number of ether oxygens (including phenoxy) is 2. The molecular formula is C15H12F3N3O3. The summed E-state index contributed by atoms with van der Waals surface area (Å²) < 4.78 is 51.9. The van der Waals surface area contributed by atoms with Gasteiger partial charge in [-0.05, 0) is 6.07 Å². The van der Waals surface area contributed by atoms with Crippen LogP contribution >= 0.6 is 0 Å². The lowest BCUT2D eigenvalue weighted by Gasteiger charge is -2.15. The summed E-state index contributed by atoms with van der Waals surface area (Å²) in [5.41, 5.74) is -0.652. The number of fused-ring (bicyclic) bond motifs is 3. The van der Waals surface area contributed by atoms with E-state index in [1.54, 1.807) is 6.07 Å². The summed E-state index contributed by atoms with van der Waals surface area (Å²) in [5.74, 6) is -2.78. The third-order valence-corrected chi connectivity index (χ3v) is 4.10. The third kappa shape index (κ3) is 2.41. The van der Waals surface area contributed by atoms with Gasteiger partial charge in [0.15, 0.2) is 11.6 Å². The topological polar surface area (TPSA) is 56.6 Å². The van der Waals surface area contributed by atoms with Crippen LogP contribution in [-0.4, -0.2) is 28.9 Å². The Hall–Kier alpha value is -2.55. The van der Waals surface area contributed by atoms with Gasteiger partial charge >= 0.3 is 5.69 Å². The van der Waals surface area contributed by atoms with E-state index in [1.165, 1.54) is 4.57 Å². The molecule has 1 aromatic heterocycles. The van der Waals surface area contributed by atoms with Crippen molar-refractivity contribution < 1.29 is 22.6 Å². The number of hydrogen-bond acceptors (Lipinski definition) is 5. The summed E-state index contributed by atoms with van der Waals surface area (Å²) in [6.07, 6.45) is 0. The van der Waals surface area contributed by atoms with Crippen LogP contribution in [0.3, 0.4) is 0 Å². The normalized spacial score (nSPS) is 18.6. The Morgan fingerprint density at radius 3 is 2.83 bits per heavy atom. The van der Waals surface area contributed by atoms with Crippen molar-refractivity contribution in [2.75, 3.05) is 18.2 Å². The second kappa shape index (κ2) is 5.52. The fourth-order valence-corrected chi connectivity index (χ4v) is 2.88. The van der Waals surface area contributed by atoms with Crippen LogP contribution in [0.15, 0.2) is 23.0 Å². The van der Waals surface area contributed by atoms with E-state index in [4.69, 9.17) is 9.47 Å². The molecule has 0 radical (unpaired) electrons. The lowest BCUT2D eigenvalue weighted by atomic mass is 10.2. The van der Waals surface area contributed by atoms with Gasteiger partial charge in [0.05, 0.1) is 19.2 Å².